The van der Waals surface area contributed by atoms with Crippen molar-refractivity contribution in [1.29, 1.82) is 0 Å². The van der Waals surface area contributed by atoms with Gasteiger partial charge in [-0.2, -0.15) is 0 Å². The highest BCUT2D eigenvalue weighted by Gasteiger charge is 2.29. The second kappa shape index (κ2) is 14.6. The largest absolute Gasteiger partial charge is 0.508 e. The average Bonchev–Trinajstić information content (AvgIpc) is 2.92. The lowest BCUT2D eigenvalue weighted by Crippen LogP contribution is -2.56. The Morgan fingerprint density at radius 2 is 1.73 bits per heavy atom. The van der Waals surface area contributed by atoms with E-state index in [2.05, 4.69) is 21.3 Å². The first-order valence-electron chi connectivity index (χ1n) is 14.2. The highest BCUT2D eigenvalue weighted by atomic mass is 16.3. The summed E-state index contributed by atoms with van der Waals surface area (Å²) < 4.78 is 0. The van der Waals surface area contributed by atoms with Crippen LogP contribution in [0, 0.1) is 0 Å². The Morgan fingerprint density at radius 1 is 1.00 bits per heavy atom. The van der Waals surface area contributed by atoms with Crippen molar-refractivity contribution in [2.75, 3.05) is 13.1 Å². The summed E-state index contributed by atoms with van der Waals surface area (Å²) in [7, 11) is 0. The molecule has 3 rings (SSSR count). The highest BCUT2D eigenvalue weighted by molar-refractivity contribution is 5.93. The fourth-order valence-electron chi connectivity index (χ4n) is 4.75. The summed E-state index contributed by atoms with van der Waals surface area (Å²) in [5.41, 5.74) is 8.21. The molecule has 2 aromatic carbocycles. The smallest absolute Gasteiger partial charge is 0.243 e. The van der Waals surface area contributed by atoms with Gasteiger partial charge in [0.2, 0.25) is 23.6 Å². The number of carbonyl (C=O) groups excluding carboxylic acids is 4. The number of rotatable bonds is 6. The number of carbonyl (C=O) groups is 4. The molecule has 222 valence electrons. The second-order valence-electron chi connectivity index (χ2n) is 11.6. The molecular formula is C31H43N5O5. The molecule has 3 atom stereocenters. The molecular weight excluding hydrogens is 522 g/mol. The molecule has 1 aliphatic rings. The lowest BCUT2D eigenvalue weighted by molar-refractivity contribution is -0.132. The molecule has 0 spiro atoms. The first-order valence-corrected chi connectivity index (χ1v) is 14.2. The van der Waals surface area contributed by atoms with Crippen molar-refractivity contribution in [3.05, 3.63) is 65.2 Å². The van der Waals surface area contributed by atoms with E-state index in [1.54, 1.807) is 12.1 Å². The summed E-state index contributed by atoms with van der Waals surface area (Å²) in [4.78, 5) is 51.9. The van der Waals surface area contributed by atoms with Gasteiger partial charge in [-0.1, -0.05) is 63.2 Å². The molecule has 10 heteroatoms. The molecule has 0 saturated carbocycles. The molecule has 1 fully saturated rings. The standard InChI is InChI=1S/C31H43N5O5/c1-31(2,3)22-17-21(12-13-26(22)37)19-25-29(40)34-16-14-27(38)33-15-8-7-11-24(30(41)36-25)35-28(39)23(32)18-20-9-5-4-6-10-20/h4-6,9-10,12-13,17,23-25,37H,7-8,11,14-16,18-19,32H2,1-3H3,(H,33,38)(H,34,40)(H,35,39)(H,36,41). The summed E-state index contributed by atoms with van der Waals surface area (Å²) in [6, 6.07) is 11.8. The maximum atomic E-state index is 13.5. The van der Waals surface area contributed by atoms with Crippen LogP contribution in [-0.2, 0) is 37.4 Å². The molecule has 3 unspecified atom stereocenters. The molecule has 0 aromatic heterocycles. The van der Waals surface area contributed by atoms with Crippen molar-refractivity contribution in [3.8, 4) is 5.75 Å². The van der Waals surface area contributed by atoms with Crippen LogP contribution < -0.4 is 27.0 Å². The van der Waals surface area contributed by atoms with Crippen molar-refractivity contribution in [2.45, 2.75) is 82.8 Å². The van der Waals surface area contributed by atoms with E-state index in [4.69, 9.17) is 5.73 Å². The Bertz CT molecular complexity index is 1210. The van der Waals surface area contributed by atoms with E-state index < -0.39 is 35.8 Å². The Balaban J connectivity index is 1.81. The monoisotopic (exact) mass is 565 g/mol. The topological polar surface area (TPSA) is 163 Å². The van der Waals surface area contributed by atoms with Crippen molar-refractivity contribution < 1.29 is 24.3 Å². The number of phenols is 1. The molecule has 2 aromatic rings. The molecule has 4 amide bonds. The molecule has 41 heavy (non-hydrogen) atoms. The van der Waals surface area contributed by atoms with Crippen LogP contribution in [0.25, 0.3) is 0 Å². The van der Waals surface area contributed by atoms with Gasteiger partial charge >= 0.3 is 0 Å². The Hall–Kier alpha value is -3.92. The van der Waals surface area contributed by atoms with Gasteiger partial charge in [0.15, 0.2) is 0 Å². The lowest BCUT2D eigenvalue weighted by atomic mass is 9.84. The van der Waals surface area contributed by atoms with Crippen molar-refractivity contribution >= 4 is 23.6 Å². The molecule has 1 saturated heterocycles. The van der Waals surface area contributed by atoms with Gasteiger partial charge in [0.25, 0.3) is 0 Å². The third-order valence-corrected chi connectivity index (χ3v) is 7.10. The minimum atomic E-state index is -0.969. The maximum absolute atomic E-state index is 13.5. The van der Waals surface area contributed by atoms with Crippen LogP contribution in [0.3, 0.4) is 0 Å². The van der Waals surface area contributed by atoms with E-state index >= 15 is 0 Å². The number of hydrogen-bond donors (Lipinski definition) is 6. The maximum Gasteiger partial charge on any atom is 0.243 e. The summed E-state index contributed by atoms with van der Waals surface area (Å²) in [6.45, 7) is 6.48. The molecule has 7 N–H and O–H groups in total. The number of nitrogens with one attached hydrogen (secondary N) is 4. The molecule has 1 aliphatic heterocycles. The minimum absolute atomic E-state index is 0.119. The van der Waals surface area contributed by atoms with Gasteiger partial charge in [0.05, 0.1) is 6.04 Å². The Morgan fingerprint density at radius 3 is 2.44 bits per heavy atom. The number of hydrogen-bond acceptors (Lipinski definition) is 6. The van der Waals surface area contributed by atoms with E-state index in [0.29, 0.717) is 32.2 Å². The van der Waals surface area contributed by atoms with E-state index in [1.807, 2.05) is 57.2 Å². The van der Waals surface area contributed by atoms with Gasteiger partial charge in [-0.15, -0.1) is 0 Å². The van der Waals surface area contributed by atoms with Crippen LogP contribution in [0.2, 0.25) is 0 Å². The third-order valence-electron chi connectivity index (χ3n) is 7.10. The van der Waals surface area contributed by atoms with Crippen LogP contribution in [0.4, 0.5) is 0 Å². The van der Waals surface area contributed by atoms with Crippen molar-refractivity contribution in [2.24, 2.45) is 5.73 Å². The fourth-order valence-corrected chi connectivity index (χ4v) is 4.75. The Kier molecular flexibility index (Phi) is 11.3. The zero-order valence-corrected chi connectivity index (χ0v) is 24.2. The quantitative estimate of drug-likeness (QED) is 0.312. The van der Waals surface area contributed by atoms with Crippen LogP contribution in [0.5, 0.6) is 5.75 Å². The third kappa shape index (κ3) is 9.89. The number of benzene rings is 2. The predicted molar refractivity (Wildman–Crippen MR) is 157 cm³/mol. The zero-order chi connectivity index (χ0) is 30.0. The number of aromatic hydroxyl groups is 1. The predicted octanol–water partition coefficient (Wildman–Crippen LogP) is 1.58. The molecule has 1 heterocycles. The summed E-state index contributed by atoms with van der Waals surface area (Å²) in [5, 5.41) is 21.5. The van der Waals surface area contributed by atoms with E-state index in [0.717, 1.165) is 16.7 Å². The molecule has 10 nitrogen and oxygen atoms in total. The molecule has 0 radical (unpaired) electrons. The van der Waals surface area contributed by atoms with Gasteiger partial charge < -0.3 is 32.1 Å². The SMILES string of the molecule is CC(C)(C)c1cc(CC2NC(=O)C(NC(=O)C(N)Cc3ccccc3)CCCCNC(=O)CCNC2=O)ccc1O. The van der Waals surface area contributed by atoms with E-state index in [-0.39, 0.29) is 36.5 Å². The average molecular weight is 566 g/mol. The van der Waals surface area contributed by atoms with Gasteiger partial charge in [-0.05, 0) is 53.9 Å². The van der Waals surface area contributed by atoms with Crippen LogP contribution in [0.1, 0.15) is 63.1 Å². The summed E-state index contributed by atoms with van der Waals surface area (Å²) in [6.07, 6.45) is 2.10. The van der Waals surface area contributed by atoms with E-state index in [1.165, 1.54) is 0 Å². The second-order valence-corrected chi connectivity index (χ2v) is 11.6. The summed E-state index contributed by atoms with van der Waals surface area (Å²) >= 11 is 0. The van der Waals surface area contributed by atoms with Crippen molar-refractivity contribution in [3.63, 3.8) is 0 Å². The van der Waals surface area contributed by atoms with Crippen LogP contribution in [0.15, 0.2) is 48.5 Å². The normalized spacial score (nSPS) is 20.1. The van der Waals surface area contributed by atoms with Gasteiger partial charge in [0.1, 0.15) is 17.8 Å². The number of amides is 4. The minimum Gasteiger partial charge on any atom is -0.508 e. The molecule has 0 aliphatic carbocycles. The lowest BCUT2D eigenvalue weighted by Gasteiger charge is -2.26. The zero-order valence-electron chi connectivity index (χ0n) is 24.2. The van der Waals surface area contributed by atoms with E-state index in [9.17, 15) is 24.3 Å². The summed E-state index contributed by atoms with van der Waals surface area (Å²) in [5.74, 6) is -1.41. The van der Waals surface area contributed by atoms with Crippen LogP contribution in [-0.4, -0.2) is 60.0 Å². The first-order chi connectivity index (χ1) is 19.4. The number of phenolic OH excluding ortho intramolecular Hbond substituents is 1. The van der Waals surface area contributed by atoms with Crippen LogP contribution >= 0.6 is 0 Å². The van der Waals surface area contributed by atoms with Gasteiger partial charge in [-0.3, -0.25) is 19.2 Å². The Labute approximate surface area is 241 Å². The van der Waals surface area contributed by atoms with Crippen molar-refractivity contribution in [1.82, 2.24) is 21.3 Å². The van der Waals surface area contributed by atoms with Gasteiger partial charge in [-0.25, -0.2) is 0 Å². The highest BCUT2D eigenvalue weighted by Crippen LogP contribution is 2.31. The number of nitrogens with two attached hydrogens (primary N) is 1. The molecule has 0 bridgehead atoms. The fraction of sp³-hybridized carbons (Fsp3) is 0.484. The van der Waals surface area contributed by atoms with Gasteiger partial charge in [0, 0.05) is 25.9 Å². The first kappa shape index (κ1) is 31.6.